The second kappa shape index (κ2) is 12.9. The monoisotopic (exact) mass is 312 g/mol. The zero-order valence-electron chi connectivity index (χ0n) is 13.6. The van der Waals surface area contributed by atoms with E-state index in [1.54, 1.807) is 6.92 Å². The van der Waals surface area contributed by atoms with Crippen LogP contribution in [0.4, 0.5) is 0 Å². The molecule has 0 aliphatic carbocycles. The third kappa shape index (κ3) is 11.9. The maximum Gasteiger partial charge on any atom is 0.330 e. The van der Waals surface area contributed by atoms with Crippen LogP contribution < -0.4 is 11.1 Å². The van der Waals surface area contributed by atoms with E-state index >= 15 is 0 Å². The number of nitrogens with two attached hydrogens (primary N) is 1. The van der Waals surface area contributed by atoms with Crippen molar-refractivity contribution >= 4 is 17.8 Å². The van der Waals surface area contributed by atoms with Crippen molar-refractivity contribution in [1.29, 1.82) is 0 Å². The molecule has 3 N–H and O–H groups in total. The second-order valence-corrected chi connectivity index (χ2v) is 5.12. The van der Waals surface area contributed by atoms with Crippen molar-refractivity contribution in [2.45, 2.75) is 64.8 Å². The van der Waals surface area contributed by atoms with Crippen LogP contribution in [0.15, 0.2) is 12.2 Å². The predicted molar refractivity (Wildman–Crippen MR) is 84.9 cm³/mol. The normalized spacial score (nSPS) is 12.1. The topological polar surface area (TPSA) is 98.5 Å². The smallest absolute Gasteiger partial charge is 0.330 e. The quantitative estimate of drug-likeness (QED) is 0.326. The summed E-state index contributed by atoms with van der Waals surface area (Å²) in [6.07, 6.45) is 8.30. The fourth-order valence-corrected chi connectivity index (χ4v) is 1.94. The second-order valence-electron chi connectivity index (χ2n) is 5.12. The average Bonchev–Trinajstić information content (AvgIpc) is 2.44. The molecule has 0 fully saturated rings. The van der Waals surface area contributed by atoms with Gasteiger partial charge < -0.3 is 15.8 Å². The van der Waals surface area contributed by atoms with E-state index in [4.69, 9.17) is 10.5 Å². The summed E-state index contributed by atoms with van der Waals surface area (Å²) < 4.78 is 4.75. The van der Waals surface area contributed by atoms with Gasteiger partial charge in [0.15, 0.2) is 0 Å². The van der Waals surface area contributed by atoms with Gasteiger partial charge in [-0.2, -0.15) is 0 Å². The average molecular weight is 312 g/mol. The summed E-state index contributed by atoms with van der Waals surface area (Å²) in [5.41, 5.74) is 5.15. The molecule has 126 valence electrons. The van der Waals surface area contributed by atoms with Gasteiger partial charge in [-0.25, -0.2) is 4.79 Å². The Morgan fingerprint density at radius 1 is 1.14 bits per heavy atom. The molecule has 0 saturated carbocycles. The largest absolute Gasteiger partial charge is 0.463 e. The van der Waals surface area contributed by atoms with Crippen molar-refractivity contribution < 1.29 is 19.1 Å². The number of carbonyl (C=O) groups excluding carboxylic acids is 3. The highest BCUT2D eigenvalue weighted by molar-refractivity contribution is 5.83. The van der Waals surface area contributed by atoms with Crippen LogP contribution in [0.3, 0.4) is 0 Å². The predicted octanol–water partition coefficient (Wildman–Crippen LogP) is 1.83. The minimum Gasteiger partial charge on any atom is -0.463 e. The Morgan fingerprint density at radius 3 is 2.41 bits per heavy atom. The van der Waals surface area contributed by atoms with Crippen molar-refractivity contribution in [3.05, 3.63) is 12.2 Å². The first kappa shape index (κ1) is 20.1. The zero-order valence-corrected chi connectivity index (χ0v) is 13.6. The van der Waals surface area contributed by atoms with Crippen LogP contribution in [0.2, 0.25) is 0 Å². The highest BCUT2D eigenvalue weighted by atomic mass is 16.5. The molecule has 1 atom stereocenters. The summed E-state index contributed by atoms with van der Waals surface area (Å²) in [7, 11) is 0. The first-order valence-electron chi connectivity index (χ1n) is 7.92. The van der Waals surface area contributed by atoms with Gasteiger partial charge in [0.05, 0.1) is 19.1 Å². The van der Waals surface area contributed by atoms with Gasteiger partial charge in [-0.1, -0.05) is 38.7 Å². The van der Waals surface area contributed by atoms with Crippen molar-refractivity contribution in [1.82, 2.24) is 5.32 Å². The van der Waals surface area contributed by atoms with E-state index in [0.717, 1.165) is 25.7 Å². The lowest BCUT2D eigenvalue weighted by Crippen LogP contribution is -2.36. The van der Waals surface area contributed by atoms with Crippen LogP contribution in [0.25, 0.3) is 0 Å². The third-order valence-corrected chi connectivity index (χ3v) is 3.03. The van der Waals surface area contributed by atoms with E-state index in [2.05, 4.69) is 12.2 Å². The van der Waals surface area contributed by atoms with Gasteiger partial charge in [0.25, 0.3) is 0 Å². The molecular formula is C16H28N2O4. The Balaban J connectivity index is 4.24. The molecule has 0 aliphatic heterocycles. The number of amides is 2. The summed E-state index contributed by atoms with van der Waals surface area (Å²) in [6.45, 7) is 4.11. The van der Waals surface area contributed by atoms with Crippen molar-refractivity contribution in [2.75, 3.05) is 6.61 Å². The minimum absolute atomic E-state index is 0.0442. The van der Waals surface area contributed by atoms with E-state index in [-0.39, 0.29) is 18.9 Å². The van der Waals surface area contributed by atoms with Crippen LogP contribution in [-0.2, 0) is 19.1 Å². The van der Waals surface area contributed by atoms with E-state index in [0.29, 0.717) is 6.42 Å². The maximum atomic E-state index is 11.8. The molecular weight excluding hydrogens is 284 g/mol. The molecule has 0 spiro atoms. The van der Waals surface area contributed by atoms with E-state index in [9.17, 15) is 14.4 Å². The number of hydrogen-bond donors (Lipinski definition) is 2. The Bertz CT molecular complexity index is 380. The molecule has 0 aromatic heterocycles. The molecule has 0 bridgehead atoms. The lowest BCUT2D eigenvalue weighted by molar-refractivity contribution is -0.137. The fraction of sp³-hybridized carbons (Fsp3) is 0.688. The molecule has 0 radical (unpaired) electrons. The van der Waals surface area contributed by atoms with Crippen LogP contribution in [0.5, 0.6) is 0 Å². The van der Waals surface area contributed by atoms with Crippen LogP contribution in [-0.4, -0.2) is 30.4 Å². The molecule has 0 aromatic carbocycles. The molecule has 0 heterocycles. The Labute approximate surface area is 132 Å². The van der Waals surface area contributed by atoms with Crippen LogP contribution in [0, 0.1) is 0 Å². The highest BCUT2D eigenvalue weighted by Gasteiger charge is 2.12. The van der Waals surface area contributed by atoms with Crippen molar-refractivity contribution in [2.24, 2.45) is 5.73 Å². The SMILES string of the molecule is CCCCCCCC(=O)N[C@@H](/C=C/C(=O)OCC)CC(N)=O. The van der Waals surface area contributed by atoms with Gasteiger partial charge >= 0.3 is 5.97 Å². The molecule has 22 heavy (non-hydrogen) atoms. The molecule has 0 aromatic rings. The van der Waals surface area contributed by atoms with Crippen molar-refractivity contribution in [3.8, 4) is 0 Å². The summed E-state index contributed by atoms with van der Waals surface area (Å²) in [5, 5.41) is 2.70. The number of nitrogens with one attached hydrogen (secondary N) is 1. The minimum atomic E-state index is -0.579. The van der Waals surface area contributed by atoms with Gasteiger partial charge in [0.2, 0.25) is 11.8 Å². The van der Waals surface area contributed by atoms with Crippen LogP contribution in [0.1, 0.15) is 58.8 Å². The molecule has 0 unspecified atom stereocenters. The first-order chi connectivity index (χ1) is 10.5. The Kier molecular flexibility index (Phi) is 11.8. The molecule has 0 saturated heterocycles. The van der Waals surface area contributed by atoms with Gasteiger partial charge in [-0.05, 0) is 13.3 Å². The number of carbonyl (C=O) groups is 3. The maximum absolute atomic E-state index is 11.8. The standard InChI is InChI=1S/C16H28N2O4/c1-3-5-6-7-8-9-15(20)18-13(12-14(17)19)10-11-16(21)22-4-2/h10-11,13H,3-9,12H2,1-2H3,(H2,17,19)(H,18,20)/b11-10+/t13-/m0/s1. The van der Waals surface area contributed by atoms with Gasteiger partial charge in [0, 0.05) is 12.5 Å². The summed E-state index contributed by atoms with van der Waals surface area (Å²) >= 11 is 0. The molecule has 6 nitrogen and oxygen atoms in total. The van der Waals surface area contributed by atoms with Crippen molar-refractivity contribution in [3.63, 3.8) is 0 Å². The third-order valence-electron chi connectivity index (χ3n) is 3.03. The Morgan fingerprint density at radius 2 is 1.82 bits per heavy atom. The molecule has 2 amide bonds. The Hall–Kier alpha value is -1.85. The first-order valence-corrected chi connectivity index (χ1v) is 7.92. The number of rotatable bonds is 12. The van der Waals surface area contributed by atoms with Gasteiger partial charge in [-0.3, -0.25) is 9.59 Å². The van der Waals surface area contributed by atoms with Gasteiger partial charge in [-0.15, -0.1) is 0 Å². The molecule has 0 rings (SSSR count). The van der Waals surface area contributed by atoms with Gasteiger partial charge in [0.1, 0.15) is 0 Å². The fourth-order valence-electron chi connectivity index (χ4n) is 1.94. The number of primary amides is 1. The number of ether oxygens (including phenoxy) is 1. The van der Waals surface area contributed by atoms with Crippen LogP contribution >= 0.6 is 0 Å². The number of hydrogen-bond acceptors (Lipinski definition) is 4. The van der Waals surface area contributed by atoms with E-state index in [1.165, 1.54) is 18.6 Å². The summed E-state index contributed by atoms with van der Waals surface area (Å²) in [5.74, 6) is -1.19. The number of unbranched alkanes of at least 4 members (excludes halogenated alkanes) is 4. The summed E-state index contributed by atoms with van der Waals surface area (Å²) in [6, 6.07) is -0.579. The highest BCUT2D eigenvalue weighted by Crippen LogP contribution is 2.05. The van der Waals surface area contributed by atoms with E-state index < -0.39 is 17.9 Å². The molecule has 6 heteroatoms. The lowest BCUT2D eigenvalue weighted by atomic mass is 10.1. The van der Waals surface area contributed by atoms with E-state index in [1.807, 2.05) is 0 Å². The molecule has 0 aliphatic rings. The summed E-state index contributed by atoms with van der Waals surface area (Å²) in [4.78, 5) is 34.1. The zero-order chi connectivity index (χ0) is 16.8. The lowest BCUT2D eigenvalue weighted by Gasteiger charge is -2.13. The number of esters is 1.